The molecule has 0 radical (unpaired) electrons. The van der Waals surface area contributed by atoms with Crippen LogP contribution in [0.3, 0.4) is 0 Å². The van der Waals surface area contributed by atoms with Gasteiger partial charge in [0, 0.05) is 11.1 Å². The first-order valence-electron chi connectivity index (χ1n) is 7.17. The second-order valence-corrected chi connectivity index (χ2v) is 6.97. The predicted octanol–water partition coefficient (Wildman–Crippen LogP) is 3.91. The standard InChI is InChI=1S/C17H14N2O3S2/c1-11-18-13(10-24-11)9-16(20)22-14-6-4-12(5-7-14)19-17(21)15-3-2-8-23-15/h2-8,10H,9H2,1H3,(H,19,21). The normalized spacial score (nSPS) is 10.4. The summed E-state index contributed by atoms with van der Waals surface area (Å²) < 4.78 is 5.27. The molecule has 3 aromatic rings. The molecule has 24 heavy (non-hydrogen) atoms. The van der Waals surface area contributed by atoms with Crippen molar-refractivity contribution in [3.63, 3.8) is 0 Å². The first-order valence-corrected chi connectivity index (χ1v) is 8.93. The zero-order valence-electron chi connectivity index (χ0n) is 12.8. The number of hydrogen-bond acceptors (Lipinski definition) is 6. The lowest BCUT2D eigenvalue weighted by atomic mass is 10.3. The quantitative estimate of drug-likeness (QED) is 0.554. The van der Waals surface area contributed by atoms with Gasteiger partial charge < -0.3 is 10.1 Å². The number of carbonyl (C=O) groups excluding carboxylic acids is 2. The zero-order valence-corrected chi connectivity index (χ0v) is 14.4. The summed E-state index contributed by atoms with van der Waals surface area (Å²) >= 11 is 2.88. The fourth-order valence-electron chi connectivity index (χ4n) is 2.01. The van der Waals surface area contributed by atoms with E-state index in [1.807, 2.05) is 23.8 Å². The second kappa shape index (κ2) is 7.37. The zero-order chi connectivity index (χ0) is 16.9. The van der Waals surface area contributed by atoms with Crippen molar-refractivity contribution in [2.45, 2.75) is 13.3 Å². The number of thiophene rings is 1. The molecule has 3 rings (SSSR count). The summed E-state index contributed by atoms with van der Waals surface area (Å²) in [6.45, 7) is 1.89. The second-order valence-electron chi connectivity index (χ2n) is 4.96. The maximum atomic E-state index is 12.0. The summed E-state index contributed by atoms with van der Waals surface area (Å²) in [5.74, 6) is -0.0922. The lowest BCUT2D eigenvalue weighted by Gasteiger charge is -2.06. The summed E-state index contributed by atoms with van der Waals surface area (Å²) in [6, 6.07) is 10.3. The van der Waals surface area contributed by atoms with Crippen LogP contribution in [0.15, 0.2) is 47.2 Å². The number of aromatic nitrogens is 1. The van der Waals surface area contributed by atoms with Gasteiger partial charge in [0.05, 0.1) is 22.0 Å². The maximum absolute atomic E-state index is 12.0. The van der Waals surface area contributed by atoms with Crippen molar-refractivity contribution in [1.29, 1.82) is 0 Å². The van der Waals surface area contributed by atoms with Gasteiger partial charge in [-0.3, -0.25) is 9.59 Å². The number of rotatable bonds is 5. The third-order valence-corrected chi connectivity index (χ3v) is 4.77. The number of anilines is 1. The fourth-order valence-corrected chi connectivity index (χ4v) is 3.24. The molecule has 1 aromatic carbocycles. The van der Waals surface area contributed by atoms with Gasteiger partial charge in [0.25, 0.3) is 5.91 Å². The smallest absolute Gasteiger partial charge is 0.317 e. The molecule has 1 amide bonds. The Morgan fingerprint density at radius 3 is 2.58 bits per heavy atom. The largest absolute Gasteiger partial charge is 0.426 e. The van der Waals surface area contributed by atoms with Gasteiger partial charge in [-0.2, -0.15) is 0 Å². The highest BCUT2D eigenvalue weighted by molar-refractivity contribution is 7.12. The van der Waals surface area contributed by atoms with Gasteiger partial charge in [-0.1, -0.05) is 6.07 Å². The molecule has 1 N–H and O–H groups in total. The molecule has 0 spiro atoms. The van der Waals surface area contributed by atoms with Crippen molar-refractivity contribution in [2.75, 3.05) is 5.32 Å². The molecule has 0 bridgehead atoms. The topological polar surface area (TPSA) is 68.3 Å². The van der Waals surface area contributed by atoms with Crippen molar-refractivity contribution in [2.24, 2.45) is 0 Å². The Balaban J connectivity index is 1.56. The third-order valence-electron chi connectivity index (χ3n) is 3.08. The summed E-state index contributed by atoms with van der Waals surface area (Å²) in [4.78, 5) is 28.7. The summed E-state index contributed by atoms with van der Waals surface area (Å²) in [5, 5.41) is 7.41. The van der Waals surface area contributed by atoms with E-state index in [2.05, 4.69) is 10.3 Å². The Morgan fingerprint density at radius 1 is 1.17 bits per heavy atom. The molecular weight excluding hydrogens is 344 g/mol. The average Bonchev–Trinajstić information content (AvgIpc) is 3.21. The Bertz CT molecular complexity index is 839. The highest BCUT2D eigenvalue weighted by Crippen LogP contribution is 2.18. The maximum Gasteiger partial charge on any atom is 0.317 e. The fraction of sp³-hybridized carbons (Fsp3) is 0.118. The van der Waals surface area contributed by atoms with E-state index < -0.39 is 0 Å². The van der Waals surface area contributed by atoms with Crippen LogP contribution >= 0.6 is 22.7 Å². The van der Waals surface area contributed by atoms with Crippen LogP contribution in [0.5, 0.6) is 5.75 Å². The van der Waals surface area contributed by atoms with E-state index in [9.17, 15) is 9.59 Å². The number of esters is 1. The third kappa shape index (κ3) is 4.27. The number of hydrogen-bond donors (Lipinski definition) is 1. The molecule has 122 valence electrons. The minimum atomic E-state index is -0.365. The Labute approximate surface area is 146 Å². The molecule has 0 saturated heterocycles. The molecule has 0 aliphatic heterocycles. The molecular formula is C17H14N2O3S2. The van der Waals surface area contributed by atoms with Crippen LogP contribution < -0.4 is 10.1 Å². The van der Waals surface area contributed by atoms with Gasteiger partial charge in [0.2, 0.25) is 0 Å². The van der Waals surface area contributed by atoms with E-state index >= 15 is 0 Å². The SMILES string of the molecule is Cc1nc(CC(=O)Oc2ccc(NC(=O)c3cccs3)cc2)cs1. The lowest BCUT2D eigenvalue weighted by molar-refractivity contribution is -0.133. The van der Waals surface area contributed by atoms with Crippen LogP contribution in [-0.4, -0.2) is 16.9 Å². The highest BCUT2D eigenvalue weighted by Gasteiger charge is 2.10. The van der Waals surface area contributed by atoms with Crippen molar-refractivity contribution in [1.82, 2.24) is 4.98 Å². The van der Waals surface area contributed by atoms with E-state index in [0.29, 0.717) is 22.0 Å². The molecule has 0 fully saturated rings. The van der Waals surface area contributed by atoms with Crippen molar-refractivity contribution >= 4 is 40.2 Å². The summed E-state index contributed by atoms with van der Waals surface area (Å²) in [6.07, 6.45) is 0.140. The molecule has 0 saturated carbocycles. The average molecular weight is 358 g/mol. The summed E-state index contributed by atoms with van der Waals surface area (Å²) in [7, 11) is 0. The summed E-state index contributed by atoms with van der Waals surface area (Å²) in [5.41, 5.74) is 1.35. The number of aryl methyl sites for hydroxylation is 1. The highest BCUT2D eigenvalue weighted by atomic mass is 32.1. The van der Waals surface area contributed by atoms with Crippen LogP contribution in [-0.2, 0) is 11.2 Å². The Hall–Kier alpha value is -2.51. The van der Waals surface area contributed by atoms with E-state index in [1.165, 1.54) is 22.7 Å². The number of ether oxygens (including phenoxy) is 1. The van der Waals surface area contributed by atoms with Crippen LogP contribution in [0.2, 0.25) is 0 Å². The van der Waals surface area contributed by atoms with Gasteiger partial charge >= 0.3 is 5.97 Å². The lowest BCUT2D eigenvalue weighted by Crippen LogP contribution is -2.12. The molecule has 0 aliphatic carbocycles. The molecule has 0 unspecified atom stereocenters. The van der Waals surface area contributed by atoms with Gasteiger partial charge in [-0.15, -0.1) is 22.7 Å². The monoisotopic (exact) mass is 358 g/mol. The van der Waals surface area contributed by atoms with Crippen molar-refractivity contribution in [3.05, 3.63) is 62.7 Å². The van der Waals surface area contributed by atoms with Crippen LogP contribution in [0.4, 0.5) is 5.69 Å². The Morgan fingerprint density at radius 2 is 1.96 bits per heavy atom. The number of benzene rings is 1. The van der Waals surface area contributed by atoms with Gasteiger partial charge in [-0.05, 0) is 42.6 Å². The molecule has 2 heterocycles. The van der Waals surface area contributed by atoms with E-state index in [0.717, 1.165) is 5.01 Å². The van der Waals surface area contributed by atoms with Gasteiger partial charge in [-0.25, -0.2) is 4.98 Å². The minimum Gasteiger partial charge on any atom is -0.426 e. The molecule has 5 nitrogen and oxygen atoms in total. The van der Waals surface area contributed by atoms with E-state index in [-0.39, 0.29) is 18.3 Å². The van der Waals surface area contributed by atoms with E-state index in [1.54, 1.807) is 30.3 Å². The first kappa shape index (κ1) is 16.4. The van der Waals surface area contributed by atoms with Crippen LogP contribution in [0, 0.1) is 6.92 Å². The first-order chi connectivity index (χ1) is 11.6. The number of thiazole rings is 1. The van der Waals surface area contributed by atoms with Crippen molar-refractivity contribution < 1.29 is 14.3 Å². The molecule has 0 aliphatic rings. The van der Waals surface area contributed by atoms with Crippen LogP contribution in [0.1, 0.15) is 20.4 Å². The van der Waals surface area contributed by atoms with Crippen LogP contribution in [0.25, 0.3) is 0 Å². The Kier molecular flexibility index (Phi) is 5.02. The molecule has 2 aromatic heterocycles. The minimum absolute atomic E-state index is 0.140. The number of amides is 1. The van der Waals surface area contributed by atoms with Gasteiger partial charge in [0.15, 0.2) is 0 Å². The van der Waals surface area contributed by atoms with Gasteiger partial charge in [0.1, 0.15) is 5.75 Å². The molecule has 7 heteroatoms. The van der Waals surface area contributed by atoms with E-state index in [4.69, 9.17) is 4.74 Å². The predicted molar refractivity (Wildman–Crippen MR) is 94.9 cm³/mol. The number of carbonyl (C=O) groups is 2. The number of nitrogens with zero attached hydrogens (tertiary/aromatic N) is 1. The van der Waals surface area contributed by atoms with Crippen molar-refractivity contribution in [3.8, 4) is 5.75 Å². The number of nitrogens with one attached hydrogen (secondary N) is 1. The molecule has 0 atom stereocenters.